The molecular weight excluding hydrogens is 162 g/mol. The van der Waals surface area contributed by atoms with Gasteiger partial charge in [0.15, 0.2) is 0 Å². The molecule has 2 nitrogen and oxygen atoms in total. The molecule has 0 aromatic heterocycles. The zero-order valence-corrected chi connectivity index (χ0v) is 9.14. The molecule has 0 radical (unpaired) electrons. The van der Waals surface area contributed by atoms with Crippen LogP contribution in [0.4, 0.5) is 0 Å². The molecule has 2 heteroatoms. The Kier molecular flexibility index (Phi) is 3.74. The van der Waals surface area contributed by atoms with Gasteiger partial charge in [-0.15, -0.1) is 0 Å². The fraction of sp³-hybridized carbons (Fsp3) is 1.00. The summed E-state index contributed by atoms with van der Waals surface area (Å²) in [6.07, 6.45) is 4.59. The van der Waals surface area contributed by atoms with Gasteiger partial charge in [-0.2, -0.15) is 0 Å². The van der Waals surface area contributed by atoms with Crippen molar-refractivity contribution < 1.29 is 5.11 Å². The molecule has 0 amide bonds. The summed E-state index contributed by atoms with van der Waals surface area (Å²) in [5, 5.41) is 13.6. The van der Waals surface area contributed by atoms with E-state index in [1.54, 1.807) is 0 Å². The average molecular weight is 185 g/mol. The van der Waals surface area contributed by atoms with E-state index in [9.17, 15) is 5.11 Å². The number of hydrogen-bond acceptors (Lipinski definition) is 2. The van der Waals surface area contributed by atoms with Gasteiger partial charge in [0.1, 0.15) is 0 Å². The minimum absolute atomic E-state index is 0.432. The third kappa shape index (κ3) is 2.68. The highest BCUT2D eigenvalue weighted by Crippen LogP contribution is 2.35. The second-order valence-corrected chi connectivity index (χ2v) is 4.56. The Morgan fingerprint density at radius 2 is 2.23 bits per heavy atom. The average Bonchev–Trinajstić information content (AvgIpc) is 2.03. The summed E-state index contributed by atoms with van der Waals surface area (Å²) in [5.41, 5.74) is -0.445. The van der Waals surface area contributed by atoms with E-state index >= 15 is 0 Å². The minimum atomic E-state index is -0.445. The maximum atomic E-state index is 10.2. The van der Waals surface area contributed by atoms with Crippen LogP contribution in [0, 0.1) is 5.92 Å². The van der Waals surface area contributed by atoms with Crippen LogP contribution < -0.4 is 5.32 Å². The third-order valence-electron chi connectivity index (χ3n) is 3.38. The third-order valence-corrected chi connectivity index (χ3v) is 3.38. The maximum absolute atomic E-state index is 10.2. The molecule has 1 saturated carbocycles. The van der Waals surface area contributed by atoms with Crippen molar-refractivity contribution in [1.82, 2.24) is 5.32 Å². The standard InChI is InChI=1S/C11H23NO/c1-4-12-9(2)10-7-5-6-8-11(10,3)13/h9-10,12-13H,4-8H2,1-3H3/t9?,10-,11+/m1/s1. The Hall–Kier alpha value is -0.0800. The molecule has 0 spiro atoms. The zero-order chi connectivity index (χ0) is 9.90. The molecule has 0 aromatic carbocycles. The van der Waals surface area contributed by atoms with Crippen LogP contribution in [0.5, 0.6) is 0 Å². The molecule has 1 aliphatic carbocycles. The lowest BCUT2D eigenvalue weighted by molar-refractivity contribution is -0.0439. The highest BCUT2D eigenvalue weighted by molar-refractivity contribution is 4.91. The van der Waals surface area contributed by atoms with E-state index in [4.69, 9.17) is 0 Å². The van der Waals surface area contributed by atoms with E-state index < -0.39 is 5.60 Å². The predicted octanol–water partition coefficient (Wildman–Crippen LogP) is 1.93. The van der Waals surface area contributed by atoms with Crippen LogP contribution in [-0.4, -0.2) is 23.3 Å². The van der Waals surface area contributed by atoms with Gasteiger partial charge in [-0.25, -0.2) is 0 Å². The molecule has 0 aliphatic heterocycles. The van der Waals surface area contributed by atoms with Crippen molar-refractivity contribution >= 4 is 0 Å². The van der Waals surface area contributed by atoms with Crippen LogP contribution in [0.2, 0.25) is 0 Å². The molecule has 3 atom stereocenters. The lowest BCUT2D eigenvalue weighted by atomic mass is 9.73. The van der Waals surface area contributed by atoms with E-state index in [1.165, 1.54) is 19.3 Å². The van der Waals surface area contributed by atoms with Gasteiger partial charge in [0.2, 0.25) is 0 Å². The Morgan fingerprint density at radius 1 is 1.54 bits per heavy atom. The zero-order valence-electron chi connectivity index (χ0n) is 9.14. The van der Waals surface area contributed by atoms with Crippen LogP contribution in [-0.2, 0) is 0 Å². The van der Waals surface area contributed by atoms with Gasteiger partial charge in [-0.3, -0.25) is 0 Å². The van der Waals surface area contributed by atoms with E-state index in [2.05, 4.69) is 19.2 Å². The van der Waals surface area contributed by atoms with Crippen molar-refractivity contribution in [2.75, 3.05) is 6.54 Å². The van der Waals surface area contributed by atoms with Crippen molar-refractivity contribution in [1.29, 1.82) is 0 Å². The summed E-state index contributed by atoms with van der Waals surface area (Å²) in [7, 11) is 0. The molecule has 0 aromatic rings. The first-order valence-corrected chi connectivity index (χ1v) is 5.53. The Balaban J connectivity index is 2.54. The predicted molar refractivity (Wildman–Crippen MR) is 55.7 cm³/mol. The second-order valence-electron chi connectivity index (χ2n) is 4.56. The Morgan fingerprint density at radius 3 is 2.77 bits per heavy atom. The smallest absolute Gasteiger partial charge is 0.0662 e. The van der Waals surface area contributed by atoms with Gasteiger partial charge in [-0.05, 0) is 33.2 Å². The number of nitrogens with one attached hydrogen (secondary N) is 1. The lowest BCUT2D eigenvalue weighted by Crippen LogP contribution is -2.48. The first-order valence-electron chi connectivity index (χ1n) is 5.53. The van der Waals surface area contributed by atoms with Gasteiger partial charge in [-0.1, -0.05) is 19.8 Å². The first-order chi connectivity index (χ1) is 6.08. The molecule has 0 bridgehead atoms. The lowest BCUT2D eigenvalue weighted by Gasteiger charge is -2.40. The van der Waals surface area contributed by atoms with E-state index in [0.29, 0.717) is 12.0 Å². The van der Waals surface area contributed by atoms with Crippen molar-refractivity contribution in [2.45, 2.75) is 58.1 Å². The number of hydrogen-bond donors (Lipinski definition) is 2. The van der Waals surface area contributed by atoms with Crippen molar-refractivity contribution in [3.8, 4) is 0 Å². The highest BCUT2D eigenvalue weighted by Gasteiger charge is 2.37. The molecule has 78 valence electrons. The van der Waals surface area contributed by atoms with Gasteiger partial charge < -0.3 is 10.4 Å². The highest BCUT2D eigenvalue weighted by atomic mass is 16.3. The molecule has 0 heterocycles. The molecule has 1 aliphatic rings. The Bertz CT molecular complexity index is 156. The van der Waals surface area contributed by atoms with Crippen LogP contribution in [0.15, 0.2) is 0 Å². The normalized spacial score (nSPS) is 37.4. The fourth-order valence-corrected chi connectivity index (χ4v) is 2.60. The van der Waals surface area contributed by atoms with E-state index in [0.717, 1.165) is 13.0 Å². The molecular formula is C11H23NO. The summed E-state index contributed by atoms with van der Waals surface area (Å²) in [6.45, 7) is 7.29. The molecule has 0 saturated heterocycles. The quantitative estimate of drug-likeness (QED) is 0.704. The summed E-state index contributed by atoms with van der Waals surface area (Å²) >= 11 is 0. The first kappa shape index (κ1) is 11.0. The summed E-state index contributed by atoms with van der Waals surface area (Å²) in [5.74, 6) is 0.432. The van der Waals surface area contributed by atoms with Crippen LogP contribution in [0.25, 0.3) is 0 Å². The maximum Gasteiger partial charge on any atom is 0.0662 e. The topological polar surface area (TPSA) is 32.3 Å². The molecule has 1 rings (SSSR count). The van der Waals surface area contributed by atoms with Gasteiger partial charge >= 0.3 is 0 Å². The number of aliphatic hydroxyl groups is 1. The van der Waals surface area contributed by atoms with Crippen LogP contribution in [0.3, 0.4) is 0 Å². The fourth-order valence-electron chi connectivity index (χ4n) is 2.60. The van der Waals surface area contributed by atoms with E-state index in [-0.39, 0.29) is 0 Å². The van der Waals surface area contributed by atoms with E-state index in [1.807, 2.05) is 6.92 Å². The van der Waals surface area contributed by atoms with Crippen molar-refractivity contribution in [3.05, 3.63) is 0 Å². The molecule has 1 unspecified atom stereocenters. The molecule has 1 fully saturated rings. The van der Waals surface area contributed by atoms with Gasteiger partial charge in [0.25, 0.3) is 0 Å². The van der Waals surface area contributed by atoms with Crippen LogP contribution >= 0.6 is 0 Å². The summed E-state index contributed by atoms with van der Waals surface area (Å²) in [6, 6.07) is 0.445. The summed E-state index contributed by atoms with van der Waals surface area (Å²) in [4.78, 5) is 0. The minimum Gasteiger partial charge on any atom is -0.390 e. The molecule has 2 N–H and O–H groups in total. The van der Waals surface area contributed by atoms with Gasteiger partial charge in [0.05, 0.1) is 5.60 Å². The van der Waals surface area contributed by atoms with Crippen molar-refractivity contribution in [2.24, 2.45) is 5.92 Å². The summed E-state index contributed by atoms with van der Waals surface area (Å²) < 4.78 is 0. The largest absolute Gasteiger partial charge is 0.390 e. The number of rotatable bonds is 3. The monoisotopic (exact) mass is 185 g/mol. The SMILES string of the molecule is CCNC(C)[C@H]1CCCC[C@]1(C)O. The molecule has 13 heavy (non-hydrogen) atoms. The van der Waals surface area contributed by atoms with Crippen molar-refractivity contribution in [3.63, 3.8) is 0 Å². The van der Waals surface area contributed by atoms with Crippen LogP contribution in [0.1, 0.15) is 46.5 Å². The Labute approximate surface area is 81.7 Å². The van der Waals surface area contributed by atoms with Gasteiger partial charge in [0, 0.05) is 12.0 Å². The second kappa shape index (κ2) is 4.43.